The molecule has 0 aromatic carbocycles. The summed E-state index contributed by atoms with van der Waals surface area (Å²) in [6, 6.07) is 0. The summed E-state index contributed by atoms with van der Waals surface area (Å²) in [6.45, 7) is 11.7. The van der Waals surface area contributed by atoms with Gasteiger partial charge in [-0.25, -0.2) is 0 Å². The van der Waals surface area contributed by atoms with Gasteiger partial charge in [-0.2, -0.15) is 12.6 Å². The number of hydrogen-bond acceptors (Lipinski definition) is 1. The monoisotopic (exact) mass is 194 g/mol. The van der Waals surface area contributed by atoms with Gasteiger partial charge in [0.15, 0.2) is 0 Å². The average molecular weight is 194 g/mol. The summed E-state index contributed by atoms with van der Waals surface area (Å²) in [5.74, 6) is 0. The molecule has 0 nitrogen and oxygen atoms in total. The first-order valence-corrected chi connectivity index (χ1v) is 5.22. The molecule has 0 spiro atoms. The van der Waals surface area contributed by atoms with Gasteiger partial charge >= 0.3 is 0 Å². The van der Waals surface area contributed by atoms with Crippen LogP contribution < -0.4 is 0 Å². The Morgan fingerprint density at radius 1 is 0.923 bits per heavy atom. The van der Waals surface area contributed by atoms with E-state index in [2.05, 4.69) is 19.7 Å². The predicted molar refractivity (Wildman–Crippen MR) is 63.2 cm³/mol. The van der Waals surface area contributed by atoms with Gasteiger partial charge < -0.3 is 0 Å². The van der Waals surface area contributed by atoms with Crippen LogP contribution in [0.3, 0.4) is 0 Å². The van der Waals surface area contributed by atoms with Crippen molar-refractivity contribution >= 4 is 12.6 Å². The van der Waals surface area contributed by atoms with Crippen molar-refractivity contribution in [3.63, 3.8) is 0 Å². The van der Waals surface area contributed by atoms with Crippen LogP contribution in [0.15, 0.2) is 38.0 Å². The minimum atomic E-state index is -0.144. The van der Waals surface area contributed by atoms with Crippen LogP contribution in [0.2, 0.25) is 0 Å². The quantitative estimate of drug-likeness (QED) is 0.513. The molecule has 0 saturated heterocycles. The molecule has 0 aromatic heterocycles. The molecule has 0 aliphatic heterocycles. The van der Waals surface area contributed by atoms with Crippen LogP contribution in [-0.2, 0) is 0 Å². The second kappa shape index (κ2) is 3.75. The first-order chi connectivity index (χ1) is 6.14. The third-order valence-electron chi connectivity index (χ3n) is 3.27. The Hall–Kier alpha value is -0.430. The van der Waals surface area contributed by atoms with Crippen LogP contribution in [-0.4, -0.2) is 4.75 Å². The zero-order valence-electron chi connectivity index (χ0n) is 8.13. The Balaban J connectivity index is 3.08. The second-order valence-electron chi connectivity index (χ2n) is 3.78. The minimum absolute atomic E-state index is 0.0594. The van der Waals surface area contributed by atoms with E-state index in [4.69, 9.17) is 12.6 Å². The maximum absolute atomic E-state index is 4.73. The lowest BCUT2D eigenvalue weighted by Gasteiger charge is -2.46. The molecular formula is C12H18S. The molecule has 0 amide bonds. The van der Waals surface area contributed by atoms with Gasteiger partial charge in [0.05, 0.1) is 0 Å². The molecule has 1 heteroatoms. The van der Waals surface area contributed by atoms with Crippen LogP contribution in [0.25, 0.3) is 0 Å². The minimum Gasteiger partial charge on any atom is -0.167 e. The van der Waals surface area contributed by atoms with Crippen molar-refractivity contribution in [3.8, 4) is 0 Å². The molecule has 0 aromatic rings. The molecule has 0 N–H and O–H groups in total. The molecule has 1 saturated carbocycles. The maximum Gasteiger partial charge on any atom is 0.0431 e. The lowest BCUT2D eigenvalue weighted by atomic mass is 9.65. The van der Waals surface area contributed by atoms with Gasteiger partial charge in [0.25, 0.3) is 0 Å². The van der Waals surface area contributed by atoms with E-state index < -0.39 is 0 Å². The van der Waals surface area contributed by atoms with E-state index >= 15 is 0 Å². The van der Waals surface area contributed by atoms with Gasteiger partial charge in [0, 0.05) is 10.2 Å². The van der Waals surface area contributed by atoms with Crippen molar-refractivity contribution in [2.45, 2.75) is 30.4 Å². The Bertz CT molecular complexity index is 221. The van der Waals surface area contributed by atoms with Gasteiger partial charge in [0.1, 0.15) is 0 Å². The standard InChI is InChI=1S/C12H18S/c1-4-11(5-2)9-7-8-10-12(11,13)6-3/h4-6,13H,1-3,7-10H2. The van der Waals surface area contributed by atoms with Crippen molar-refractivity contribution in [3.05, 3.63) is 38.0 Å². The predicted octanol–water partition coefficient (Wildman–Crippen LogP) is 3.77. The molecule has 0 bridgehead atoms. The number of hydrogen-bond donors (Lipinski definition) is 1. The summed E-state index contributed by atoms with van der Waals surface area (Å²) in [4.78, 5) is 0. The van der Waals surface area contributed by atoms with E-state index in [1.54, 1.807) is 0 Å². The molecule has 1 unspecified atom stereocenters. The van der Waals surface area contributed by atoms with Crippen molar-refractivity contribution in [1.82, 2.24) is 0 Å². The fourth-order valence-corrected chi connectivity index (χ4v) is 2.65. The third-order valence-corrected chi connectivity index (χ3v) is 4.09. The summed E-state index contributed by atoms with van der Waals surface area (Å²) >= 11 is 4.73. The Morgan fingerprint density at radius 3 is 1.85 bits per heavy atom. The fourth-order valence-electron chi connectivity index (χ4n) is 2.19. The highest BCUT2D eigenvalue weighted by Crippen LogP contribution is 2.50. The van der Waals surface area contributed by atoms with Crippen molar-refractivity contribution < 1.29 is 0 Å². The highest BCUT2D eigenvalue weighted by atomic mass is 32.1. The maximum atomic E-state index is 4.73. The van der Waals surface area contributed by atoms with E-state index in [1.165, 1.54) is 12.8 Å². The highest BCUT2D eigenvalue weighted by Gasteiger charge is 2.44. The van der Waals surface area contributed by atoms with Gasteiger partial charge in [-0.1, -0.05) is 31.1 Å². The molecule has 1 aliphatic rings. The fraction of sp³-hybridized carbons (Fsp3) is 0.500. The van der Waals surface area contributed by atoms with E-state index in [-0.39, 0.29) is 10.2 Å². The Morgan fingerprint density at radius 2 is 1.46 bits per heavy atom. The van der Waals surface area contributed by atoms with E-state index in [1.807, 2.05) is 18.2 Å². The second-order valence-corrected chi connectivity index (χ2v) is 4.58. The van der Waals surface area contributed by atoms with Gasteiger partial charge in [-0.05, 0) is 12.8 Å². The Labute approximate surface area is 86.8 Å². The topological polar surface area (TPSA) is 0 Å². The van der Waals surface area contributed by atoms with Crippen LogP contribution in [0.5, 0.6) is 0 Å². The van der Waals surface area contributed by atoms with Gasteiger partial charge in [-0.15, -0.1) is 19.7 Å². The molecule has 72 valence electrons. The number of rotatable bonds is 3. The van der Waals surface area contributed by atoms with E-state index in [9.17, 15) is 0 Å². The van der Waals surface area contributed by atoms with Crippen LogP contribution in [0, 0.1) is 5.41 Å². The smallest absolute Gasteiger partial charge is 0.0431 e. The highest BCUT2D eigenvalue weighted by molar-refractivity contribution is 7.82. The first kappa shape index (κ1) is 10.6. The molecule has 0 heterocycles. The molecule has 1 fully saturated rings. The summed E-state index contributed by atoms with van der Waals surface area (Å²) in [7, 11) is 0. The molecular weight excluding hydrogens is 176 g/mol. The van der Waals surface area contributed by atoms with E-state index in [0.717, 1.165) is 12.8 Å². The number of thiol groups is 1. The summed E-state index contributed by atoms with van der Waals surface area (Å²) in [5, 5.41) is 0. The van der Waals surface area contributed by atoms with Crippen LogP contribution in [0.1, 0.15) is 25.7 Å². The molecule has 1 rings (SSSR count). The lowest BCUT2D eigenvalue weighted by Crippen LogP contribution is -2.42. The van der Waals surface area contributed by atoms with Crippen molar-refractivity contribution in [1.29, 1.82) is 0 Å². The Kier molecular flexibility index (Phi) is 3.07. The van der Waals surface area contributed by atoms with Gasteiger partial charge in [0.2, 0.25) is 0 Å². The van der Waals surface area contributed by atoms with E-state index in [0.29, 0.717) is 0 Å². The summed E-state index contributed by atoms with van der Waals surface area (Å²) in [6.07, 6.45) is 10.5. The van der Waals surface area contributed by atoms with Crippen LogP contribution in [0.4, 0.5) is 0 Å². The summed E-state index contributed by atoms with van der Waals surface area (Å²) < 4.78 is -0.144. The molecule has 1 atom stereocenters. The SMILES string of the molecule is C=CC1(S)CCCCC1(C=C)C=C. The lowest BCUT2D eigenvalue weighted by molar-refractivity contribution is 0.285. The zero-order valence-corrected chi connectivity index (χ0v) is 9.02. The van der Waals surface area contributed by atoms with Gasteiger partial charge in [-0.3, -0.25) is 0 Å². The normalized spacial score (nSPS) is 32.1. The third kappa shape index (κ3) is 1.50. The average Bonchev–Trinajstić information content (AvgIpc) is 2.19. The molecule has 0 radical (unpaired) electrons. The first-order valence-electron chi connectivity index (χ1n) is 4.77. The summed E-state index contributed by atoms with van der Waals surface area (Å²) in [5.41, 5.74) is -0.0594. The molecule has 13 heavy (non-hydrogen) atoms. The van der Waals surface area contributed by atoms with Crippen molar-refractivity contribution in [2.24, 2.45) is 5.41 Å². The zero-order chi connectivity index (χ0) is 9.95. The van der Waals surface area contributed by atoms with Crippen molar-refractivity contribution in [2.75, 3.05) is 0 Å². The molecule has 1 aliphatic carbocycles. The number of allylic oxidation sites excluding steroid dienone is 2. The largest absolute Gasteiger partial charge is 0.167 e. The van der Waals surface area contributed by atoms with Crippen LogP contribution >= 0.6 is 12.6 Å².